The molecule has 0 aliphatic carbocycles. The lowest BCUT2D eigenvalue weighted by atomic mass is 9.91. The molecule has 210 valence electrons. The average molecular weight is 535 g/mol. The molecule has 1 aromatic carbocycles. The third kappa shape index (κ3) is 10.6. The van der Waals surface area contributed by atoms with Gasteiger partial charge in [-0.1, -0.05) is 42.7 Å². The number of nitrogens with zero attached hydrogens (tertiary/aromatic N) is 3. The molecule has 0 bridgehead atoms. The van der Waals surface area contributed by atoms with E-state index in [1.165, 1.54) is 4.90 Å². The van der Waals surface area contributed by atoms with Gasteiger partial charge in [0.2, 0.25) is 5.91 Å². The van der Waals surface area contributed by atoms with E-state index in [0.29, 0.717) is 19.4 Å². The number of nitrogens with one attached hydrogen (secondary N) is 2. The molecular weight excluding hydrogens is 496 g/mol. The van der Waals surface area contributed by atoms with E-state index in [9.17, 15) is 24.5 Å². The zero-order valence-electron chi connectivity index (χ0n) is 22.3. The minimum Gasteiger partial charge on any atom is -0.459 e. The Morgan fingerprint density at radius 3 is 2.58 bits per heavy atom. The fraction of sp³-hybridized carbons (Fsp3) is 0.600. The third-order valence-corrected chi connectivity index (χ3v) is 5.77. The van der Waals surface area contributed by atoms with Crippen LogP contribution < -0.4 is 16.5 Å². The number of nitro groups is 1. The minimum absolute atomic E-state index is 0.0754. The summed E-state index contributed by atoms with van der Waals surface area (Å²) in [6.45, 7) is 7.61. The number of hydrogen-bond acceptors (Lipinski definition) is 8. The molecule has 0 aromatic heterocycles. The Labute approximate surface area is 222 Å². The molecule has 0 radical (unpaired) electrons. The second kappa shape index (κ2) is 14.1. The number of hydrogen-bond donors (Lipinski definition) is 3. The van der Waals surface area contributed by atoms with Gasteiger partial charge in [0.15, 0.2) is 5.03 Å². The Hall–Kier alpha value is -3.90. The van der Waals surface area contributed by atoms with Gasteiger partial charge < -0.3 is 25.4 Å². The zero-order valence-corrected chi connectivity index (χ0v) is 22.3. The number of hydrazine groups is 1. The van der Waals surface area contributed by atoms with E-state index in [-0.39, 0.29) is 37.9 Å². The van der Waals surface area contributed by atoms with Crippen LogP contribution in [0.4, 0.5) is 4.79 Å². The van der Waals surface area contributed by atoms with Gasteiger partial charge in [0.1, 0.15) is 24.3 Å². The van der Waals surface area contributed by atoms with Crippen molar-refractivity contribution < 1.29 is 28.9 Å². The van der Waals surface area contributed by atoms with Crippen LogP contribution in [0.25, 0.3) is 0 Å². The number of guanidine groups is 1. The summed E-state index contributed by atoms with van der Waals surface area (Å²) in [5, 5.41) is 12.3. The number of aliphatic imine (C=N–C) groups is 1. The molecule has 13 nitrogen and oxygen atoms in total. The van der Waals surface area contributed by atoms with Crippen molar-refractivity contribution in [2.45, 2.75) is 77.7 Å². The Kier molecular flexibility index (Phi) is 11.3. The lowest BCUT2D eigenvalue weighted by Gasteiger charge is -2.39. The summed E-state index contributed by atoms with van der Waals surface area (Å²) in [5.41, 5.74) is 7.23. The first-order chi connectivity index (χ1) is 17.9. The van der Waals surface area contributed by atoms with Crippen molar-refractivity contribution in [1.29, 1.82) is 0 Å². The number of carbonyl (C=O) groups excluding carboxylic acids is 3. The third-order valence-electron chi connectivity index (χ3n) is 5.77. The maximum Gasteiger partial charge on any atom is 0.408 e. The molecule has 0 saturated carbocycles. The van der Waals surface area contributed by atoms with Crippen molar-refractivity contribution in [1.82, 2.24) is 15.6 Å². The summed E-state index contributed by atoms with van der Waals surface area (Å²) in [6, 6.07) is 7.44. The quantitative estimate of drug-likeness (QED) is 0.101. The fourth-order valence-corrected chi connectivity index (χ4v) is 3.98. The largest absolute Gasteiger partial charge is 0.459 e. The number of esters is 1. The van der Waals surface area contributed by atoms with Crippen LogP contribution in [0.5, 0.6) is 0 Å². The van der Waals surface area contributed by atoms with Crippen LogP contribution in [0, 0.1) is 16.0 Å². The molecule has 1 aliphatic rings. The maximum absolute atomic E-state index is 13.7. The molecule has 2 amide bonds. The van der Waals surface area contributed by atoms with E-state index in [1.807, 2.05) is 37.3 Å². The number of piperidine rings is 1. The Morgan fingerprint density at radius 1 is 1.26 bits per heavy atom. The van der Waals surface area contributed by atoms with Crippen molar-refractivity contribution in [3.05, 3.63) is 46.0 Å². The maximum atomic E-state index is 13.7. The van der Waals surface area contributed by atoms with E-state index in [4.69, 9.17) is 15.2 Å². The number of ether oxygens (including phenoxy) is 2. The van der Waals surface area contributed by atoms with Crippen LogP contribution in [0.15, 0.2) is 35.3 Å². The van der Waals surface area contributed by atoms with E-state index >= 15 is 0 Å². The SMILES string of the molecule is C[C@@H]1CCN(C(=O)[C@H](CCCN=C(N)N[N+](=O)[O-])NC(=O)OC(C)(C)C)[C@@H](C(=O)OCc2ccccc2)C1. The van der Waals surface area contributed by atoms with Gasteiger partial charge >= 0.3 is 12.1 Å². The minimum atomic E-state index is -1.01. The molecule has 1 aromatic rings. The lowest BCUT2D eigenvalue weighted by molar-refractivity contribution is -0.525. The van der Waals surface area contributed by atoms with E-state index in [2.05, 4.69) is 10.3 Å². The number of likely N-dealkylation sites (tertiary alicyclic amines) is 1. The van der Waals surface area contributed by atoms with Crippen LogP contribution in [0.2, 0.25) is 0 Å². The highest BCUT2D eigenvalue weighted by atomic mass is 16.7. The summed E-state index contributed by atoms with van der Waals surface area (Å²) in [5.74, 6) is -1.11. The summed E-state index contributed by atoms with van der Waals surface area (Å²) in [6.07, 6.45) is 0.778. The number of nitrogens with two attached hydrogens (primary N) is 1. The molecule has 4 N–H and O–H groups in total. The smallest absolute Gasteiger partial charge is 0.408 e. The van der Waals surface area contributed by atoms with Crippen molar-refractivity contribution in [3.63, 3.8) is 0 Å². The summed E-state index contributed by atoms with van der Waals surface area (Å²) in [4.78, 5) is 55.0. The molecule has 0 spiro atoms. The molecule has 1 aliphatic heterocycles. The van der Waals surface area contributed by atoms with Gasteiger partial charge in [-0.3, -0.25) is 4.79 Å². The Bertz CT molecular complexity index is 996. The van der Waals surface area contributed by atoms with Crippen LogP contribution in [0.1, 0.15) is 58.9 Å². The summed E-state index contributed by atoms with van der Waals surface area (Å²) in [7, 11) is 0. The van der Waals surface area contributed by atoms with Crippen molar-refractivity contribution >= 4 is 23.9 Å². The molecular formula is C25H38N6O7. The molecule has 3 atom stereocenters. The van der Waals surface area contributed by atoms with Gasteiger partial charge in [-0.15, -0.1) is 0 Å². The monoisotopic (exact) mass is 534 g/mol. The van der Waals surface area contributed by atoms with E-state index in [1.54, 1.807) is 26.2 Å². The summed E-state index contributed by atoms with van der Waals surface area (Å²) < 4.78 is 10.9. The number of alkyl carbamates (subject to hydrolysis) is 1. The highest BCUT2D eigenvalue weighted by molar-refractivity contribution is 5.90. The highest BCUT2D eigenvalue weighted by Crippen LogP contribution is 2.25. The first kappa shape index (κ1) is 30.3. The second-order valence-corrected chi connectivity index (χ2v) is 10.2. The molecule has 1 saturated heterocycles. The van der Waals surface area contributed by atoms with Crippen LogP contribution in [-0.4, -0.2) is 64.6 Å². The first-order valence-corrected chi connectivity index (χ1v) is 12.6. The molecule has 13 heteroatoms. The number of carbonyl (C=O) groups is 3. The van der Waals surface area contributed by atoms with Crippen molar-refractivity contribution in [2.75, 3.05) is 13.1 Å². The average Bonchev–Trinajstić information content (AvgIpc) is 2.83. The van der Waals surface area contributed by atoms with Gasteiger partial charge in [0.05, 0.1) is 0 Å². The van der Waals surface area contributed by atoms with Gasteiger partial charge in [-0.25, -0.2) is 24.7 Å². The van der Waals surface area contributed by atoms with Crippen LogP contribution in [-0.2, 0) is 25.7 Å². The standard InChI is InChI=1S/C25H38N6O7/c1-17-12-14-30(20(15-17)22(33)37-16-18-9-6-5-7-10-18)21(32)19(28-24(34)38-25(2,3)4)11-8-13-27-23(26)29-31(35)36/h5-7,9-10,17,19-20H,8,11-16H2,1-4H3,(H,28,34)(H3,26,27,29)/t17-,19+,20-/m1/s1. The topological polar surface area (TPSA) is 178 Å². The molecule has 2 rings (SSSR count). The van der Waals surface area contributed by atoms with Gasteiger partial charge in [-0.2, -0.15) is 0 Å². The predicted octanol–water partition coefficient (Wildman–Crippen LogP) is 2.13. The second-order valence-electron chi connectivity index (χ2n) is 10.2. The first-order valence-electron chi connectivity index (χ1n) is 12.6. The van der Waals surface area contributed by atoms with E-state index < -0.39 is 40.7 Å². The van der Waals surface area contributed by atoms with Crippen LogP contribution in [0.3, 0.4) is 0 Å². The number of rotatable bonds is 10. The van der Waals surface area contributed by atoms with Gasteiger partial charge in [0.25, 0.3) is 5.96 Å². The number of benzene rings is 1. The van der Waals surface area contributed by atoms with Gasteiger partial charge in [-0.05, 0) is 57.9 Å². The molecule has 0 unspecified atom stereocenters. The van der Waals surface area contributed by atoms with Gasteiger partial charge in [0, 0.05) is 13.1 Å². The molecule has 1 fully saturated rings. The van der Waals surface area contributed by atoms with Crippen molar-refractivity contribution in [3.8, 4) is 0 Å². The fourth-order valence-electron chi connectivity index (χ4n) is 3.98. The van der Waals surface area contributed by atoms with Crippen molar-refractivity contribution in [2.24, 2.45) is 16.6 Å². The van der Waals surface area contributed by atoms with E-state index in [0.717, 1.165) is 5.56 Å². The lowest BCUT2D eigenvalue weighted by Crippen LogP contribution is -2.57. The highest BCUT2D eigenvalue weighted by Gasteiger charge is 2.39. The normalized spacial score (nSPS) is 18.7. The zero-order chi connectivity index (χ0) is 28.3. The Balaban J connectivity index is 2.14. The van der Waals surface area contributed by atoms with Crippen LogP contribution >= 0.6 is 0 Å². The molecule has 1 heterocycles. The predicted molar refractivity (Wildman–Crippen MR) is 139 cm³/mol. The molecule has 38 heavy (non-hydrogen) atoms. The number of amides is 2. The summed E-state index contributed by atoms with van der Waals surface area (Å²) >= 11 is 0. The Morgan fingerprint density at radius 2 is 1.95 bits per heavy atom.